The van der Waals surface area contributed by atoms with Crippen LogP contribution in [-0.4, -0.2) is 22.4 Å². The van der Waals surface area contributed by atoms with Gasteiger partial charge in [0.05, 0.1) is 10.8 Å². The number of carbonyl (C=O) groups is 1. The van der Waals surface area contributed by atoms with Crippen LogP contribution in [0.2, 0.25) is 0 Å². The van der Waals surface area contributed by atoms with Crippen LogP contribution in [0.3, 0.4) is 0 Å². The summed E-state index contributed by atoms with van der Waals surface area (Å²) in [4.78, 5) is 12.3. The lowest BCUT2D eigenvalue weighted by Crippen LogP contribution is -2.27. The van der Waals surface area contributed by atoms with Crippen LogP contribution in [0.25, 0.3) is 0 Å². The molecule has 0 fully saturated rings. The van der Waals surface area contributed by atoms with Crippen molar-refractivity contribution in [2.45, 2.75) is 31.6 Å². The normalized spacial score (nSPS) is 12.4. The molecule has 0 aliphatic rings. The van der Waals surface area contributed by atoms with Crippen LogP contribution in [0.15, 0.2) is 33.6 Å². The van der Waals surface area contributed by atoms with E-state index in [1.54, 1.807) is 0 Å². The summed E-state index contributed by atoms with van der Waals surface area (Å²) < 4.78 is 12.9. The summed E-state index contributed by atoms with van der Waals surface area (Å²) in [5, 5.41) is 2.86. The van der Waals surface area contributed by atoms with Gasteiger partial charge in [-0.15, -0.1) is 0 Å². The predicted molar refractivity (Wildman–Crippen MR) is 82.5 cm³/mol. The summed E-state index contributed by atoms with van der Waals surface area (Å²) >= 11 is 3.34. The van der Waals surface area contributed by atoms with E-state index in [9.17, 15) is 9.00 Å². The molecule has 0 unspecified atom stereocenters. The fraction of sp³-hybridized carbons (Fsp3) is 0.500. The average molecular weight is 346 g/mol. The number of halogens is 1. The standard InChI is InChI=1S/C14H20BrNO2S/c1-11(2)10-16-14(17)4-3-9-19(18)13-7-5-12(15)6-8-13/h5-8,11H,3-4,9-10H2,1-2H3,(H,16,17)/t19-/m0/s1. The molecule has 5 heteroatoms. The van der Waals surface area contributed by atoms with Crippen LogP contribution in [0.5, 0.6) is 0 Å². The first-order valence-corrected chi connectivity index (χ1v) is 8.51. The molecular formula is C14H20BrNO2S. The molecule has 0 spiro atoms. The third-order valence-corrected chi connectivity index (χ3v) is 4.50. The molecule has 0 radical (unpaired) electrons. The van der Waals surface area contributed by atoms with E-state index in [1.807, 2.05) is 24.3 Å². The van der Waals surface area contributed by atoms with Crippen LogP contribution in [0.1, 0.15) is 26.7 Å². The van der Waals surface area contributed by atoms with Crippen molar-refractivity contribution in [2.24, 2.45) is 5.92 Å². The smallest absolute Gasteiger partial charge is 0.220 e. The molecule has 0 aliphatic heterocycles. The molecule has 0 saturated heterocycles. The molecule has 0 bridgehead atoms. The molecule has 3 nitrogen and oxygen atoms in total. The Morgan fingerprint density at radius 3 is 2.53 bits per heavy atom. The SMILES string of the molecule is CC(C)CNC(=O)CCC[S@](=O)c1ccc(Br)cc1. The van der Waals surface area contributed by atoms with Crippen molar-refractivity contribution >= 4 is 32.6 Å². The van der Waals surface area contributed by atoms with Gasteiger partial charge in [-0.25, -0.2) is 0 Å². The van der Waals surface area contributed by atoms with Gasteiger partial charge in [0, 0.05) is 28.1 Å². The Morgan fingerprint density at radius 2 is 1.95 bits per heavy atom. The summed E-state index contributed by atoms with van der Waals surface area (Å²) in [6, 6.07) is 7.45. The second-order valence-corrected chi connectivity index (χ2v) is 7.29. The minimum Gasteiger partial charge on any atom is -0.356 e. The molecule has 1 rings (SSSR count). The second-order valence-electron chi connectivity index (χ2n) is 4.81. The van der Waals surface area contributed by atoms with E-state index in [2.05, 4.69) is 35.1 Å². The molecule has 1 aromatic rings. The van der Waals surface area contributed by atoms with Gasteiger partial charge in [-0.05, 0) is 36.6 Å². The first-order chi connectivity index (χ1) is 8.99. The van der Waals surface area contributed by atoms with E-state index in [0.717, 1.165) is 9.37 Å². The summed E-state index contributed by atoms with van der Waals surface area (Å²) in [6.07, 6.45) is 1.08. The fourth-order valence-corrected chi connectivity index (χ4v) is 2.82. The first kappa shape index (κ1) is 16.4. The molecule has 1 atom stereocenters. The van der Waals surface area contributed by atoms with Crippen molar-refractivity contribution < 1.29 is 9.00 Å². The van der Waals surface area contributed by atoms with Gasteiger partial charge in [-0.1, -0.05) is 29.8 Å². The van der Waals surface area contributed by atoms with Crippen molar-refractivity contribution in [1.29, 1.82) is 0 Å². The summed E-state index contributed by atoms with van der Waals surface area (Å²) in [5.74, 6) is 1.03. The molecule has 106 valence electrons. The zero-order valence-corrected chi connectivity index (χ0v) is 13.7. The molecular weight excluding hydrogens is 326 g/mol. The predicted octanol–water partition coefficient (Wildman–Crippen LogP) is 3.11. The van der Waals surface area contributed by atoms with Gasteiger partial charge >= 0.3 is 0 Å². The maximum Gasteiger partial charge on any atom is 0.220 e. The Morgan fingerprint density at radius 1 is 1.32 bits per heavy atom. The maximum atomic E-state index is 12.0. The molecule has 0 aromatic heterocycles. The molecule has 0 saturated carbocycles. The third-order valence-electron chi connectivity index (χ3n) is 2.52. The van der Waals surface area contributed by atoms with Crippen molar-refractivity contribution in [3.8, 4) is 0 Å². The van der Waals surface area contributed by atoms with Crippen LogP contribution in [-0.2, 0) is 15.6 Å². The second kappa shape index (κ2) is 8.48. The van der Waals surface area contributed by atoms with Crippen LogP contribution < -0.4 is 5.32 Å². The van der Waals surface area contributed by atoms with E-state index >= 15 is 0 Å². The van der Waals surface area contributed by atoms with E-state index in [-0.39, 0.29) is 5.91 Å². The largest absolute Gasteiger partial charge is 0.356 e. The molecule has 1 N–H and O–H groups in total. The Bertz CT molecular complexity index is 432. The molecule has 0 aliphatic carbocycles. The van der Waals surface area contributed by atoms with Crippen molar-refractivity contribution in [3.05, 3.63) is 28.7 Å². The number of hydrogen-bond acceptors (Lipinski definition) is 2. The quantitative estimate of drug-likeness (QED) is 0.825. The highest BCUT2D eigenvalue weighted by Gasteiger charge is 2.06. The van der Waals surface area contributed by atoms with Gasteiger partial charge in [0.1, 0.15) is 0 Å². The number of rotatable bonds is 7. The lowest BCUT2D eigenvalue weighted by atomic mass is 10.2. The van der Waals surface area contributed by atoms with Crippen LogP contribution >= 0.6 is 15.9 Å². The monoisotopic (exact) mass is 345 g/mol. The Hall–Kier alpha value is -0.680. The Kier molecular flexibility index (Phi) is 7.31. The average Bonchev–Trinajstić information content (AvgIpc) is 2.37. The number of benzene rings is 1. The highest BCUT2D eigenvalue weighted by Crippen LogP contribution is 2.14. The van der Waals surface area contributed by atoms with E-state index in [1.165, 1.54) is 0 Å². The Balaban J connectivity index is 2.27. The van der Waals surface area contributed by atoms with Gasteiger partial charge in [0.15, 0.2) is 0 Å². The zero-order chi connectivity index (χ0) is 14.3. The van der Waals surface area contributed by atoms with Crippen molar-refractivity contribution in [1.82, 2.24) is 5.32 Å². The number of amides is 1. The lowest BCUT2D eigenvalue weighted by Gasteiger charge is -2.07. The molecule has 19 heavy (non-hydrogen) atoms. The summed E-state index contributed by atoms with van der Waals surface area (Å²) in [5.41, 5.74) is 0. The number of nitrogens with one attached hydrogen (secondary N) is 1. The highest BCUT2D eigenvalue weighted by atomic mass is 79.9. The van der Waals surface area contributed by atoms with Crippen molar-refractivity contribution in [3.63, 3.8) is 0 Å². The lowest BCUT2D eigenvalue weighted by molar-refractivity contribution is -0.121. The van der Waals surface area contributed by atoms with Gasteiger partial charge in [-0.3, -0.25) is 9.00 Å². The van der Waals surface area contributed by atoms with Crippen molar-refractivity contribution in [2.75, 3.05) is 12.3 Å². The minimum absolute atomic E-state index is 0.0431. The van der Waals surface area contributed by atoms with Crippen LogP contribution in [0.4, 0.5) is 0 Å². The van der Waals surface area contributed by atoms with E-state index in [0.29, 0.717) is 31.1 Å². The number of hydrogen-bond donors (Lipinski definition) is 1. The highest BCUT2D eigenvalue weighted by molar-refractivity contribution is 9.10. The molecule has 1 amide bonds. The summed E-state index contributed by atoms with van der Waals surface area (Å²) in [6.45, 7) is 4.82. The Labute approximate surface area is 125 Å². The minimum atomic E-state index is -1.02. The first-order valence-electron chi connectivity index (χ1n) is 6.39. The maximum absolute atomic E-state index is 12.0. The summed E-state index contributed by atoms with van der Waals surface area (Å²) in [7, 11) is -1.02. The third kappa shape index (κ3) is 6.87. The molecule has 0 heterocycles. The fourth-order valence-electron chi connectivity index (χ4n) is 1.47. The van der Waals surface area contributed by atoms with E-state index < -0.39 is 10.8 Å². The molecule has 1 aromatic carbocycles. The van der Waals surface area contributed by atoms with Gasteiger partial charge < -0.3 is 5.32 Å². The number of carbonyl (C=O) groups excluding carboxylic acids is 1. The van der Waals surface area contributed by atoms with E-state index in [4.69, 9.17) is 0 Å². The van der Waals surface area contributed by atoms with Gasteiger partial charge in [0.25, 0.3) is 0 Å². The van der Waals surface area contributed by atoms with Gasteiger partial charge in [-0.2, -0.15) is 0 Å². The zero-order valence-electron chi connectivity index (χ0n) is 11.3. The topological polar surface area (TPSA) is 46.2 Å². The van der Waals surface area contributed by atoms with Crippen LogP contribution in [0, 0.1) is 5.92 Å². The van der Waals surface area contributed by atoms with Gasteiger partial charge in [0.2, 0.25) is 5.91 Å².